The number of hydrogen-bond acceptors (Lipinski definition) is 3. The van der Waals surface area contributed by atoms with Gasteiger partial charge in [0.15, 0.2) is 0 Å². The highest BCUT2D eigenvalue weighted by Crippen LogP contribution is 2.59. The number of ketones is 1. The summed E-state index contributed by atoms with van der Waals surface area (Å²) >= 11 is 0. The molecule has 0 radical (unpaired) electrons. The quantitative estimate of drug-likeness (QED) is 0.874. The molecule has 3 saturated carbocycles. The Morgan fingerprint density at radius 2 is 2.00 bits per heavy atom. The van der Waals surface area contributed by atoms with Crippen molar-refractivity contribution in [3.8, 4) is 5.69 Å². The van der Waals surface area contributed by atoms with Crippen LogP contribution in [0.1, 0.15) is 32.4 Å². The van der Waals surface area contributed by atoms with Crippen molar-refractivity contribution in [2.24, 2.45) is 23.2 Å². The number of para-hydroxylation sites is 1. The normalized spacial score (nSPS) is 29.2. The summed E-state index contributed by atoms with van der Waals surface area (Å²) in [5.41, 5.74) is 2.14. The topological polar surface area (TPSA) is 47.8 Å². The first-order valence-electron chi connectivity index (χ1n) is 8.06. The van der Waals surface area contributed by atoms with Crippen molar-refractivity contribution >= 4 is 5.78 Å². The van der Waals surface area contributed by atoms with Crippen LogP contribution in [-0.2, 0) is 11.2 Å². The lowest BCUT2D eigenvalue weighted by Gasteiger charge is -2.57. The largest absolute Gasteiger partial charge is 0.299 e. The lowest BCUT2D eigenvalue weighted by molar-refractivity contribution is -0.156. The maximum atomic E-state index is 12.6. The van der Waals surface area contributed by atoms with Crippen LogP contribution < -0.4 is 0 Å². The Bertz CT molecular complexity index is 704. The molecule has 0 saturated heterocycles. The molecular weight excluding hydrogens is 274 g/mol. The van der Waals surface area contributed by atoms with Crippen LogP contribution in [0.4, 0.5) is 0 Å². The first-order valence-corrected chi connectivity index (χ1v) is 8.06. The zero-order valence-corrected chi connectivity index (χ0v) is 13.1. The first-order chi connectivity index (χ1) is 10.6. The van der Waals surface area contributed by atoms with Crippen LogP contribution in [0, 0.1) is 23.2 Å². The molecule has 1 heterocycles. The summed E-state index contributed by atoms with van der Waals surface area (Å²) in [6, 6.07) is 9.95. The van der Waals surface area contributed by atoms with Gasteiger partial charge in [-0.25, -0.2) is 4.68 Å². The summed E-state index contributed by atoms with van der Waals surface area (Å²) in [7, 11) is 0. The number of benzene rings is 1. The van der Waals surface area contributed by atoms with E-state index in [0.29, 0.717) is 11.7 Å². The average molecular weight is 295 g/mol. The predicted molar refractivity (Wildman–Crippen MR) is 83.6 cm³/mol. The van der Waals surface area contributed by atoms with Crippen LogP contribution in [-0.4, -0.2) is 20.8 Å². The molecule has 0 aliphatic heterocycles. The van der Waals surface area contributed by atoms with E-state index in [0.717, 1.165) is 30.6 Å². The fraction of sp³-hybridized carbons (Fsp3) is 0.500. The smallest absolute Gasteiger partial charge is 0.139 e. The zero-order valence-electron chi connectivity index (χ0n) is 13.1. The predicted octanol–water partition coefficient (Wildman–Crippen LogP) is 3.06. The number of hydrogen-bond donors (Lipinski definition) is 0. The highest BCUT2D eigenvalue weighted by atomic mass is 16.1. The molecule has 3 aliphatic carbocycles. The van der Waals surface area contributed by atoms with Crippen LogP contribution in [0.25, 0.3) is 5.69 Å². The minimum absolute atomic E-state index is 0.137. The molecule has 4 nitrogen and oxygen atoms in total. The van der Waals surface area contributed by atoms with Gasteiger partial charge in [-0.1, -0.05) is 37.3 Å². The standard InChI is InChI=1S/C18H21N3O/c1-18(2)13-8-12(17(22)16(18)10-13)9-14-11-21(20-19-14)15-6-4-3-5-7-15/h3-7,11-13,16H,8-10H2,1-2H3/t12-,13-,16-/m0/s1. The molecule has 1 aromatic heterocycles. The number of carbonyl (C=O) groups is 1. The Morgan fingerprint density at radius 1 is 1.23 bits per heavy atom. The molecule has 22 heavy (non-hydrogen) atoms. The van der Waals surface area contributed by atoms with Gasteiger partial charge in [-0.15, -0.1) is 5.10 Å². The zero-order chi connectivity index (χ0) is 15.3. The number of rotatable bonds is 3. The van der Waals surface area contributed by atoms with Crippen LogP contribution in [0.2, 0.25) is 0 Å². The van der Waals surface area contributed by atoms with Gasteiger partial charge >= 0.3 is 0 Å². The molecule has 3 atom stereocenters. The van der Waals surface area contributed by atoms with Crippen LogP contribution in [0.5, 0.6) is 0 Å². The van der Waals surface area contributed by atoms with Gasteiger partial charge in [-0.2, -0.15) is 0 Å². The third-order valence-corrected chi connectivity index (χ3v) is 5.80. The Hall–Kier alpha value is -1.97. The first kappa shape index (κ1) is 13.7. The lowest BCUT2D eigenvalue weighted by Crippen LogP contribution is -2.56. The van der Waals surface area contributed by atoms with Crippen molar-refractivity contribution in [1.29, 1.82) is 0 Å². The van der Waals surface area contributed by atoms with Crippen LogP contribution in [0.15, 0.2) is 36.5 Å². The van der Waals surface area contributed by atoms with E-state index in [4.69, 9.17) is 0 Å². The molecule has 2 aromatic rings. The van der Waals surface area contributed by atoms with Crippen molar-refractivity contribution < 1.29 is 4.79 Å². The molecule has 5 rings (SSSR count). The third kappa shape index (κ3) is 2.01. The summed E-state index contributed by atoms with van der Waals surface area (Å²) in [5.74, 6) is 1.55. The van der Waals surface area contributed by atoms with Gasteiger partial charge in [-0.3, -0.25) is 4.79 Å². The fourth-order valence-corrected chi connectivity index (χ4v) is 4.18. The minimum atomic E-state index is 0.137. The van der Waals surface area contributed by atoms with E-state index in [1.807, 2.05) is 36.5 Å². The van der Waals surface area contributed by atoms with Gasteiger partial charge in [0.25, 0.3) is 0 Å². The van der Waals surface area contributed by atoms with Gasteiger partial charge in [-0.05, 0) is 36.3 Å². The molecule has 4 heteroatoms. The highest BCUT2D eigenvalue weighted by molar-refractivity contribution is 5.87. The van der Waals surface area contributed by atoms with Crippen molar-refractivity contribution in [2.45, 2.75) is 33.1 Å². The second kappa shape index (κ2) is 4.77. The summed E-state index contributed by atoms with van der Waals surface area (Å²) in [5, 5.41) is 8.45. The molecule has 3 fully saturated rings. The number of Topliss-reactive ketones (excluding diaryl/α,β-unsaturated/α-hetero) is 1. The van der Waals surface area contributed by atoms with Crippen molar-refractivity contribution in [3.63, 3.8) is 0 Å². The van der Waals surface area contributed by atoms with Gasteiger partial charge < -0.3 is 0 Å². The summed E-state index contributed by atoms with van der Waals surface area (Å²) in [6.45, 7) is 4.48. The van der Waals surface area contributed by atoms with Gasteiger partial charge in [0.05, 0.1) is 17.6 Å². The Balaban J connectivity index is 1.49. The molecule has 114 valence electrons. The molecular formula is C18H21N3O. The monoisotopic (exact) mass is 295 g/mol. The second-order valence-electron chi connectivity index (χ2n) is 7.34. The molecule has 0 N–H and O–H groups in total. The van der Waals surface area contributed by atoms with Gasteiger partial charge in [0.2, 0.25) is 0 Å². The maximum absolute atomic E-state index is 12.6. The average Bonchev–Trinajstić information content (AvgIpc) is 2.98. The Morgan fingerprint density at radius 3 is 2.68 bits per heavy atom. The molecule has 3 aliphatic rings. The van der Waals surface area contributed by atoms with Crippen molar-refractivity contribution in [3.05, 3.63) is 42.2 Å². The number of aromatic nitrogens is 3. The third-order valence-electron chi connectivity index (χ3n) is 5.80. The Labute approximate surface area is 130 Å². The minimum Gasteiger partial charge on any atom is -0.299 e. The summed E-state index contributed by atoms with van der Waals surface area (Å²) in [4.78, 5) is 12.6. The molecule has 0 unspecified atom stereocenters. The highest BCUT2D eigenvalue weighted by Gasteiger charge is 2.57. The molecule has 2 bridgehead atoms. The van der Waals surface area contributed by atoms with E-state index in [1.54, 1.807) is 4.68 Å². The van der Waals surface area contributed by atoms with E-state index < -0.39 is 0 Å². The fourth-order valence-electron chi connectivity index (χ4n) is 4.18. The van der Waals surface area contributed by atoms with Crippen molar-refractivity contribution in [2.75, 3.05) is 0 Å². The SMILES string of the molecule is CC1(C)[C@H]2C[C@@H](Cc3cn(-c4ccccc4)nn3)C(=O)[C@@H]1C2. The number of nitrogens with zero attached hydrogens (tertiary/aromatic N) is 3. The van der Waals surface area contributed by atoms with E-state index in [-0.39, 0.29) is 17.3 Å². The second-order valence-corrected chi connectivity index (χ2v) is 7.34. The number of fused-ring (bicyclic) bond motifs is 2. The molecule has 1 aromatic carbocycles. The molecule has 0 amide bonds. The summed E-state index contributed by atoms with van der Waals surface area (Å²) in [6.07, 6.45) is 4.79. The van der Waals surface area contributed by atoms with Gasteiger partial charge in [0, 0.05) is 18.3 Å². The summed E-state index contributed by atoms with van der Waals surface area (Å²) < 4.78 is 1.79. The maximum Gasteiger partial charge on any atom is 0.139 e. The van der Waals surface area contributed by atoms with E-state index in [1.165, 1.54) is 0 Å². The van der Waals surface area contributed by atoms with E-state index >= 15 is 0 Å². The number of carbonyl (C=O) groups excluding carboxylic acids is 1. The molecule has 0 spiro atoms. The van der Waals surface area contributed by atoms with Crippen LogP contribution in [0.3, 0.4) is 0 Å². The van der Waals surface area contributed by atoms with E-state index in [2.05, 4.69) is 24.2 Å². The van der Waals surface area contributed by atoms with E-state index in [9.17, 15) is 4.79 Å². The Kier molecular flexibility index (Phi) is 2.96. The van der Waals surface area contributed by atoms with Crippen molar-refractivity contribution in [1.82, 2.24) is 15.0 Å². The van der Waals surface area contributed by atoms with Crippen LogP contribution >= 0.6 is 0 Å². The lowest BCUT2D eigenvalue weighted by atomic mass is 9.46. The van der Waals surface area contributed by atoms with Gasteiger partial charge in [0.1, 0.15) is 5.78 Å².